The Labute approximate surface area is 147 Å². The van der Waals surface area contributed by atoms with E-state index in [0.717, 1.165) is 12.1 Å². The molecule has 3 rings (SSSR count). The molecular weight excluding hydrogens is 314 g/mol. The molecule has 1 aromatic heterocycles. The summed E-state index contributed by atoms with van der Waals surface area (Å²) in [4.78, 5) is 6.77. The summed E-state index contributed by atoms with van der Waals surface area (Å²) < 4.78 is 5.45. The standard InChI is InChI=1S/C20H23N3O2/c1-16(12-13-24)23(14-17-8-4-2-5-9-17)15-19-21-20(22-25-19)18-10-6-3-7-11-18/h2-11,16,24H,12-15H2,1H3. The van der Waals surface area contributed by atoms with Gasteiger partial charge in [0.05, 0.1) is 6.54 Å². The van der Waals surface area contributed by atoms with Gasteiger partial charge < -0.3 is 9.63 Å². The first-order valence-electron chi connectivity index (χ1n) is 8.53. The molecule has 5 nitrogen and oxygen atoms in total. The number of hydrogen-bond donors (Lipinski definition) is 1. The van der Waals surface area contributed by atoms with E-state index in [4.69, 9.17) is 4.52 Å². The molecule has 1 N–H and O–H groups in total. The van der Waals surface area contributed by atoms with Crippen LogP contribution in [0.4, 0.5) is 0 Å². The van der Waals surface area contributed by atoms with E-state index in [-0.39, 0.29) is 12.6 Å². The second-order valence-corrected chi connectivity index (χ2v) is 6.13. The van der Waals surface area contributed by atoms with Crippen LogP contribution in [0.1, 0.15) is 24.8 Å². The molecule has 0 bridgehead atoms. The molecule has 0 aliphatic carbocycles. The Morgan fingerprint density at radius 3 is 2.36 bits per heavy atom. The number of benzene rings is 2. The van der Waals surface area contributed by atoms with Gasteiger partial charge in [-0.3, -0.25) is 4.90 Å². The predicted octanol–water partition coefficient (Wildman–Crippen LogP) is 3.51. The number of hydrogen-bond acceptors (Lipinski definition) is 5. The Bertz CT molecular complexity index is 759. The van der Waals surface area contributed by atoms with Crippen molar-refractivity contribution in [2.45, 2.75) is 32.5 Å². The molecule has 1 atom stereocenters. The third-order valence-electron chi connectivity index (χ3n) is 4.24. The summed E-state index contributed by atoms with van der Waals surface area (Å²) >= 11 is 0. The molecule has 0 spiro atoms. The van der Waals surface area contributed by atoms with Crippen LogP contribution in [-0.2, 0) is 13.1 Å². The van der Waals surface area contributed by atoms with Gasteiger partial charge >= 0.3 is 0 Å². The van der Waals surface area contributed by atoms with Gasteiger partial charge in [-0.25, -0.2) is 0 Å². The minimum absolute atomic E-state index is 0.158. The number of aliphatic hydroxyl groups is 1. The number of aliphatic hydroxyl groups excluding tert-OH is 1. The van der Waals surface area contributed by atoms with E-state index in [0.29, 0.717) is 24.7 Å². The van der Waals surface area contributed by atoms with E-state index < -0.39 is 0 Å². The fraction of sp³-hybridized carbons (Fsp3) is 0.300. The van der Waals surface area contributed by atoms with Crippen LogP contribution >= 0.6 is 0 Å². The molecule has 2 aromatic carbocycles. The van der Waals surface area contributed by atoms with Crippen LogP contribution < -0.4 is 0 Å². The fourth-order valence-corrected chi connectivity index (χ4v) is 2.75. The number of rotatable bonds is 8. The monoisotopic (exact) mass is 337 g/mol. The Balaban J connectivity index is 1.74. The average molecular weight is 337 g/mol. The summed E-state index contributed by atoms with van der Waals surface area (Å²) in [5.74, 6) is 1.18. The summed E-state index contributed by atoms with van der Waals surface area (Å²) in [5.41, 5.74) is 2.16. The van der Waals surface area contributed by atoms with Crippen LogP contribution in [0.25, 0.3) is 11.4 Å². The highest BCUT2D eigenvalue weighted by Crippen LogP contribution is 2.18. The molecule has 130 valence electrons. The lowest BCUT2D eigenvalue weighted by atomic mass is 10.1. The van der Waals surface area contributed by atoms with Crippen LogP contribution in [0.3, 0.4) is 0 Å². The van der Waals surface area contributed by atoms with Gasteiger partial charge in [0, 0.05) is 24.8 Å². The van der Waals surface area contributed by atoms with Crippen molar-refractivity contribution in [2.75, 3.05) is 6.61 Å². The number of aromatic nitrogens is 2. The smallest absolute Gasteiger partial charge is 0.241 e. The van der Waals surface area contributed by atoms with Crippen LogP contribution in [0, 0.1) is 0 Å². The highest BCUT2D eigenvalue weighted by molar-refractivity contribution is 5.53. The Kier molecular flexibility index (Phi) is 5.93. The van der Waals surface area contributed by atoms with E-state index >= 15 is 0 Å². The van der Waals surface area contributed by atoms with Crippen molar-refractivity contribution in [3.05, 3.63) is 72.1 Å². The van der Waals surface area contributed by atoms with Crippen molar-refractivity contribution in [1.29, 1.82) is 0 Å². The van der Waals surface area contributed by atoms with Gasteiger partial charge in [0.15, 0.2) is 0 Å². The summed E-state index contributed by atoms with van der Waals surface area (Å²) in [7, 11) is 0. The normalized spacial score (nSPS) is 12.4. The van der Waals surface area contributed by atoms with Gasteiger partial charge in [0.1, 0.15) is 0 Å². The molecule has 0 saturated heterocycles. The van der Waals surface area contributed by atoms with E-state index in [1.165, 1.54) is 5.56 Å². The Morgan fingerprint density at radius 2 is 1.68 bits per heavy atom. The van der Waals surface area contributed by atoms with Crippen molar-refractivity contribution in [2.24, 2.45) is 0 Å². The van der Waals surface area contributed by atoms with Gasteiger partial charge in [-0.1, -0.05) is 65.8 Å². The molecule has 0 fully saturated rings. The van der Waals surface area contributed by atoms with Crippen LogP contribution in [0.15, 0.2) is 65.2 Å². The van der Waals surface area contributed by atoms with E-state index in [1.54, 1.807) is 0 Å². The molecule has 0 radical (unpaired) electrons. The first kappa shape index (κ1) is 17.3. The Morgan fingerprint density at radius 1 is 1.00 bits per heavy atom. The van der Waals surface area contributed by atoms with Gasteiger partial charge in [-0.05, 0) is 18.9 Å². The molecule has 3 aromatic rings. The quantitative estimate of drug-likeness (QED) is 0.681. The minimum Gasteiger partial charge on any atom is -0.396 e. The fourth-order valence-electron chi connectivity index (χ4n) is 2.75. The topological polar surface area (TPSA) is 62.4 Å². The minimum atomic E-state index is 0.158. The second kappa shape index (κ2) is 8.55. The van der Waals surface area contributed by atoms with Crippen molar-refractivity contribution >= 4 is 0 Å². The number of nitrogens with zero attached hydrogens (tertiary/aromatic N) is 3. The predicted molar refractivity (Wildman–Crippen MR) is 96.6 cm³/mol. The molecule has 0 aliphatic rings. The molecule has 0 saturated carbocycles. The first-order chi connectivity index (χ1) is 12.3. The highest BCUT2D eigenvalue weighted by atomic mass is 16.5. The molecule has 5 heteroatoms. The molecule has 0 amide bonds. The van der Waals surface area contributed by atoms with Crippen LogP contribution in [0.5, 0.6) is 0 Å². The maximum absolute atomic E-state index is 9.29. The zero-order chi connectivity index (χ0) is 17.5. The van der Waals surface area contributed by atoms with E-state index in [1.807, 2.05) is 48.5 Å². The Hall–Kier alpha value is -2.50. The SMILES string of the molecule is CC(CCO)N(Cc1ccccc1)Cc1nc(-c2ccccc2)no1. The van der Waals surface area contributed by atoms with Crippen LogP contribution in [-0.4, -0.2) is 32.8 Å². The van der Waals surface area contributed by atoms with E-state index in [9.17, 15) is 5.11 Å². The zero-order valence-corrected chi connectivity index (χ0v) is 14.4. The van der Waals surface area contributed by atoms with Gasteiger partial charge in [0.25, 0.3) is 0 Å². The van der Waals surface area contributed by atoms with Gasteiger partial charge in [-0.2, -0.15) is 4.98 Å². The van der Waals surface area contributed by atoms with Crippen molar-refractivity contribution in [3.8, 4) is 11.4 Å². The largest absolute Gasteiger partial charge is 0.396 e. The summed E-state index contributed by atoms with van der Waals surface area (Å²) in [6.45, 7) is 3.58. The maximum atomic E-state index is 9.29. The van der Waals surface area contributed by atoms with Crippen LogP contribution in [0.2, 0.25) is 0 Å². The van der Waals surface area contributed by atoms with Crippen molar-refractivity contribution in [3.63, 3.8) is 0 Å². The van der Waals surface area contributed by atoms with Crippen molar-refractivity contribution < 1.29 is 9.63 Å². The molecule has 1 unspecified atom stereocenters. The lowest BCUT2D eigenvalue weighted by Gasteiger charge is -2.27. The lowest BCUT2D eigenvalue weighted by Crippen LogP contribution is -2.33. The second-order valence-electron chi connectivity index (χ2n) is 6.13. The molecule has 0 aliphatic heterocycles. The third kappa shape index (κ3) is 4.75. The summed E-state index contributed by atoms with van der Waals surface area (Å²) in [5, 5.41) is 13.4. The van der Waals surface area contributed by atoms with Gasteiger partial charge in [-0.15, -0.1) is 0 Å². The average Bonchev–Trinajstić information content (AvgIpc) is 3.12. The highest BCUT2D eigenvalue weighted by Gasteiger charge is 2.18. The summed E-state index contributed by atoms with van der Waals surface area (Å²) in [6, 6.07) is 20.3. The maximum Gasteiger partial charge on any atom is 0.241 e. The molecular formula is C20H23N3O2. The third-order valence-corrected chi connectivity index (χ3v) is 4.24. The first-order valence-corrected chi connectivity index (χ1v) is 8.53. The lowest BCUT2D eigenvalue weighted by molar-refractivity contribution is 0.137. The zero-order valence-electron chi connectivity index (χ0n) is 14.4. The molecule has 1 heterocycles. The van der Waals surface area contributed by atoms with E-state index in [2.05, 4.69) is 34.1 Å². The van der Waals surface area contributed by atoms with Gasteiger partial charge in [0.2, 0.25) is 11.7 Å². The molecule has 25 heavy (non-hydrogen) atoms. The summed E-state index contributed by atoms with van der Waals surface area (Å²) in [6.07, 6.45) is 0.701. The van der Waals surface area contributed by atoms with Crippen molar-refractivity contribution in [1.82, 2.24) is 15.0 Å².